The van der Waals surface area contributed by atoms with Crippen LogP contribution in [0.2, 0.25) is 0 Å². The van der Waals surface area contributed by atoms with E-state index in [1.54, 1.807) is 17.5 Å². The Labute approximate surface area is 226 Å². The molecular weight excluding hydrogens is 500 g/mol. The van der Waals surface area contributed by atoms with Crippen molar-refractivity contribution in [2.75, 3.05) is 48.3 Å². The zero-order valence-electron chi connectivity index (χ0n) is 22.0. The van der Waals surface area contributed by atoms with Crippen molar-refractivity contribution in [2.45, 2.75) is 56.5 Å². The number of aromatic nitrogens is 4. The fraction of sp³-hybridized carbons (Fsp3) is 0.556. The zero-order chi connectivity index (χ0) is 26.5. The first-order valence-electron chi connectivity index (χ1n) is 13.3. The van der Waals surface area contributed by atoms with Gasteiger partial charge in [-0.05, 0) is 44.6 Å². The molecule has 1 spiro atoms. The minimum atomic E-state index is -0.755. The number of hydrogen-bond acceptors (Lipinski definition) is 10. The molecule has 2 fully saturated rings. The summed E-state index contributed by atoms with van der Waals surface area (Å²) in [5.74, 6) is 2.52. The lowest BCUT2D eigenvalue weighted by atomic mass is 9.66. The number of rotatable bonds is 6. The summed E-state index contributed by atoms with van der Waals surface area (Å²) in [5.41, 5.74) is 7.24. The van der Waals surface area contributed by atoms with E-state index in [0.717, 1.165) is 74.8 Å². The summed E-state index contributed by atoms with van der Waals surface area (Å²) in [4.78, 5) is 19.6. The second-order valence-electron chi connectivity index (χ2n) is 11.2. The second-order valence-corrected chi connectivity index (χ2v) is 12.3. The van der Waals surface area contributed by atoms with Gasteiger partial charge in [-0.2, -0.15) is 15.2 Å². The van der Waals surface area contributed by atoms with Crippen molar-refractivity contribution in [2.24, 2.45) is 7.05 Å². The normalized spacial score (nSPS) is 22.2. The average molecular weight is 535 g/mol. The smallest absolute Gasteiger partial charge is 0.320 e. The Morgan fingerprint density at radius 3 is 2.68 bits per heavy atom. The number of aryl methyl sites for hydroxylation is 2. The Bertz CT molecular complexity index is 1380. The third kappa shape index (κ3) is 4.46. The summed E-state index contributed by atoms with van der Waals surface area (Å²) in [6, 6.07) is 4.72. The molecule has 2 aliphatic heterocycles. The molecule has 0 amide bonds. The maximum atomic E-state index is 10.7. The molecule has 10 nitrogen and oxygen atoms in total. The molecule has 38 heavy (non-hydrogen) atoms. The summed E-state index contributed by atoms with van der Waals surface area (Å²) in [7, 11) is 1.97. The van der Waals surface area contributed by atoms with Gasteiger partial charge in [0, 0.05) is 68.4 Å². The molecule has 0 bridgehead atoms. The van der Waals surface area contributed by atoms with Gasteiger partial charge in [-0.1, -0.05) is 0 Å². The Balaban J connectivity index is 1.26. The first-order valence-corrected chi connectivity index (χ1v) is 14.1. The quantitative estimate of drug-likeness (QED) is 0.490. The van der Waals surface area contributed by atoms with Crippen molar-refractivity contribution in [3.8, 4) is 12.1 Å². The van der Waals surface area contributed by atoms with Gasteiger partial charge in [0.15, 0.2) is 0 Å². The second kappa shape index (κ2) is 9.43. The van der Waals surface area contributed by atoms with E-state index in [1.165, 1.54) is 4.88 Å². The van der Waals surface area contributed by atoms with Gasteiger partial charge < -0.3 is 29.9 Å². The third-order valence-electron chi connectivity index (χ3n) is 8.18. The number of piperidine rings is 1. The molecule has 3 aromatic rings. The number of β-amino-alcohol motifs (C(OH)–C–C–N with tert-alkyl or cyclic N) is 1. The predicted octanol–water partition coefficient (Wildman–Crippen LogP) is 2.79. The fourth-order valence-corrected chi connectivity index (χ4v) is 7.48. The first kappa shape index (κ1) is 24.9. The van der Waals surface area contributed by atoms with Crippen molar-refractivity contribution in [3.63, 3.8) is 0 Å². The van der Waals surface area contributed by atoms with E-state index in [0.29, 0.717) is 36.1 Å². The summed E-state index contributed by atoms with van der Waals surface area (Å²) in [6.07, 6.45) is 9.16. The lowest BCUT2D eigenvalue weighted by Gasteiger charge is -2.53. The number of fused-ring (bicyclic) bond motifs is 2. The summed E-state index contributed by atoms with van der Waals surface area (Å²) < 4.78 is 8.04. The van der Waals surface area contributed by atoms with Gasteiger partial charge in [-0.15, -0.1) is 11.3 Å². The van der Waals surface area contributed by atoms with E-state index < -0.39 is 5.60 Å². The number of nitrogen functional groups attached to an aromatic ring is 1. The van der Waals surface area contributed by atoms with E-state index >= 15 is 0 Å². The van der Waals surface area contributed by atoms with Gasteiger partial charge in [0.2, 0.25) is 0 Å². The Morgan fingerprint density at radius 1 is 1.18 bits per heavy atom. The van der Waals surface area contributed by atoms with Gasteiger partial charge in [0.25, 0.3) is 0 Å². The highest BCUT2D eigenvalue weighted by molar-refractivity contribution is 7.16. The van der Waals surface area contributed by atoms with E-state index in [9.17, 15) is 10.4 Å². The van der Waals surface area contributed by atoms with Crippen LogP contribution in [0.15, 0.2) is 18.5 Å². The molecule has 3 aromatic heterocycles. The minimum absolute atomic E-state index is 0.0636. The van der Waals surface area contributed by atoms with Crippen LogP contribution in [0.4, 0.5) is 16.6 Å². The number of nitrogens with zero attached hydrogens (tertiary/aromatic N) is 7. The van der Waals surface area contributed by atoms with E-state index in [1.807, 2.05) is 30.8 Å². The van der Waals surface area contributed by atoms with Crippen molar-refractivity contribution in [1.82, 2.24) is 19.5 Å². The molecule has 0 saturated carbocycles. The average Bonchev–Trinajstić information content (AvgIpc) is 3.43. The molecule has 5 heterocycles. The highest BCUT2D eigenvalue weighted by atomic mass is 32.1. The SMILES string of the molecule is Cn1ccnc1CCOc1nc(N2CC3(CCCc4sc(N)c(C#N)c43)C2)cc(N2CCC[C@@](C)(O)C2)n1. The number of aliphatic hydroxyl groups is 1. The van der Waals surface area contributed by atoms with Crippen LogP contribution < -0.4 is 20.3 Å². The molecule has 1 atom stereocenters. The largest absolute Gasteiger partial charge is 0.463 e. The van der Waals surface area contributed by atoms with E-state index in [4.69, 9.17) is 20.4 Å². The first-order chi connectivity index (χ1) is 18.3. The van der Waals surface area contributed by atoms with Gasteiger partial charge in [-0.3, -0.25) is 0 Å². The molecule has 6 rings (SSSR count). The van der Waals surface area contributed by atoms with Crippen molar-refractivity contribution < 1.29 is 9.84 Å². The number of nitriles is 1. The zero-order valence-corrected chi connectivity index (χ0v) is 22.8. The highest BCUT2D eigenvalue weighted by Gasteiger charge is 2.50. The lowest BCUT2D eigenvalue weighted by molar-refractivity contribution is 0.0446. The van der Waals surface area contributed by atoms with Crippen LogP contribution >= 0.6 is 11.3 Å². The van der Waals surface area contributed by atoms with Gasteiger partial charge in [0.1, 0.15) is 28.5 Å². The van der Waals surface area contributed by atoms with E-state index in [2.05, 4.69) is 20.9 Å². The number of ether oxygens (including phenoxy) is 1. The molecule has 3 N–H and O–H groups in total. The monoisotopic (exact) mass is 534 g/mol. The molecule has 11 heteroatoms. The van der Waals surface area contributed by atoms with Crippen LogP contribution in [0, 0.1) is 11.3 Å². The Hall–Kier alpha value is -3.36. The number of anilines is 3. The predicted molar refractivity (Wildman–Crippen MR) is 147 cm³/mol. The van der Waals surface area contributed by atoms with Gasteiger partial charge >= 0.3 is 6.01 Å². The molecule has 200 valence electrons. The third-order valence-corrected chi connectivity index (χ3v) is 9.25. The number of thiophene rings is 1. The Morgan fingerprint density at radius 2 is 1.97 bits per heavy atom. The summed E-state index contributed by atoms with van der Waals surface area (Å²) in [6.45, 7) is 5.20. The molecule has 1 aliphatic carbocycles. The minimum Gasteiger partial charge on any atom is -0.463 e. The standard InChI is InChI=1S/C27H34N8O2S/c1-26(36)7-4-10-34(15-26)21-13-22(32-25(31-21)37-12-6-20-30-9-11-33(20)2)35-16-27(17-35)8-3-5-19-23(27)18(14-28)24(29)38-19/h9,11,13,36H,3-8,10,12,15-17,29H2,1-2H3/t26-/m1/s1. The highest BCUT2D eigenvalue weighted by Crippen LogP contribution is 2.51. The van der Waals surface area contributed by atoms with Gasteiger partial charge in [0.05, 0.1) is 17.8 Å². The maximum absolute atomic E-state index is 10.7. The van der Waals surface area contributed by atoms with Crippen LogP contribution in [0.3, 0.4) is 0 Å². The van der Waals surface area contributed by atoms with Crippen LogP contribution in [-0.2, 0) is 25.3 Å². The summed E-state index contributed by atoms with van der Waals surface area (Å²) >= 11 is 1.58. The fourth-order valence-electron chi connectivity index (χ4n) is 6.30. The van der Waals surface area contributed by atoms with Crippen molar-refractivity contribution in [3.05, 3.63) is 40.3 Å². The molecular formula is C27H34N8O2S. The maximum Gasteiger partial charge on any atom is 0.320 e. The van der Waals surface area contributed by atoms with Crippen molar-refractivity contribution in [1.29, 1.82) is 5.26 Å². The topological polar surface area (TPSA) is 129 Å². The number of nitrogens with two attached hydrogens (primary N) is 1. The molecule has 2 saturated heterocycles. The molecule has 0 unspecified atom stereocenters. The van der Waals surface area contributed by atoms with Crippen molar-refractivity contribution >= 4 is 28.0 Å². The molecule has 0 radical (unpaired) electrons. The van der Waals surface area contributed by atoms with Crippen LogP contribution in [0.5, 0.6) is 6.01 Å². The van der Waals surface area contributed by atoms with Crippen LogP contribution in [-0.4, -0.2) is 63.0 Å². The molecule has 0 aromatic carbocycles. The number of imidazole rings is 1. The van der Waals surface area contributed by atoms with E-state index in [-0.39, 0.29) is 5.41 Å². The lowest BCUT2D eigenvalue weighted by Crippen LogP contribution is -2.61. The number of hydrogen-bond donors (Lipinski definition) is 2. The van der Waals surface area contributed by atoms with Gasteiger partial charge in [-0.25, -0.2) is 4.98 Å². The van der Waals surface area contributed by atoms with Crippen LogP contribution in [0.1, 0.15) is 54.4 Å². The van der Waals surface area contributed by atoms with Crippen LogP contribution in [0.25, 0.3) is 0 Å². The Kier molecular flexibility index (Phi) is 6.19. The summed E-state index contributed by atoms with van der Waals surface area (Å²) in [5, 5.41) is 21.2. The molecule has 3 aliphatic rings.